The maximum Gasteiger partial charge on any atom is 0.274 e. The maximum atomic E-state index is 12.8. The number of pyridine rings is 2. The van der Waals surface area contributed by atoms with Crippen LogP contribution in [0.2, 0.25) is 0 Å². The van der Waals surface area contributed by atoms with E-state index >= 15 is 0 Å². The van der Waals surface area contributed by atoms with Gasteiger partial charge in [-0.25, -0.2) is 4.98 Å². The molecule has 0 spiro atoms. The van der Waals surface area contributed by atoms with Gasteiger partial charge in [-0.1, -0.05) is 15.9 Å². The number of carbonyl (C=O) groups excluding carboxylic acids is 2. The Hall–Kier alpha value is -5.39. The van der Waals surface area contributed by atoms with Gasteiger partial charge in [0.25, 0.3) is 11.8 Å². The highest BCUT2D eigenvalue weighted by Crippen LogP contribution is 2.41. The van der Waals surface area contributed by atoms with E-state index in [1.165, 1.54) is 49.9 Å². The van der Waals surface area contributed by atoms with Crippen molar-refractivity contribution in [2.75, 3.05) is 10.6 Å². The SMILES string of the molecule is O=C(Nc1csc(-c2nncn2C2CC2)c1)c1cc(-n2cnc(C3CC3)c2)ccn1.O=C(Nc1csc(-c2nncn2C2CC2)c1)c1cc(Br)ccn1. The van der Waals surface area contributed by atoms with Gasteiger partial charge in [0, 0.05) is 51.8 Å². The van der Waals surface area contributed by atoms with Gasteiger partial charge in [0.2, 0.25) is 0 Å². The van der Waals surface area contributed by atoms with Crippen LogP contribution in [0.5, 0.6) is 0 Å². The monoisotopic (exact) mass is 806 g/mol. The fraction of sp³-hybridized carbons (Fsp3) is 0.250. The highest BCUT2D eigenvalue weighted by molar-refractivity contribution is 9.10. The number of anilines is 2. The van der Waals surface area contributed by atoms with Crippen molar-refractivity contribution >= 4 is 61.8 Å². The fourth-order valence-corrected chi connectivity index (χ4v) is 7.80. The molecule has 0 bridgehead atoms. The van der Waals surface area contributed by atoms with Crippen molar-refractivity contribution in [3.05, 3.63) is 106 Å². The second-order valence-electron chi connectivity index (χ2n) is 13.1. The molecule has 0 radical (unpaired) electrons. The minimum absolute atomic E-state index is 0.237. The molecule has 0 saturated heterocycles. The number of imidazole rings is 1. The summed E-state index contributed by atoms with van der Waals surface area (Å²) >= 11 is 6.42. The van der Waals surface area contributed by atoms with Crippen LogP contribution >= 0.6 is 38.6 Å². The molecule has 2 amide bonds. The Bertz CT molecular complexity index is 2430. The Morgan fingerprint density at radius 3 is 1.81 bits per heavy atom. The highest BCUT2D eigenvalue weighted by Gasteiger charge is 2.29. The molecule has 53 heavy (non-hydrogen) atoms. The van der Waals surface area contributed by atoms with Crippen molar-refractivity contribution in [2.24, 2.45) is 0 Å². The third-order valence-electron chi connectivity index (χ3n) is 9.01. The Kier molecular flexibility index (Phi) is 8.97. The Balaban J connectivity index is 0.000000146. The molecular weight excluding hydrogens is 777 g/mol. The molecule has 0 aromatic carbocycles. The average molecular weight is 808 g/mol. The first-order valence-electron chi connectivity index (χ1n) is 17.2. The van der Waals surface area contributed by atoms with Crippen molar-refractivity contribution in [1.29, 1.82) is 0 Å². The van der Waals surface area contributed by atoms with E-state index in [0.717, 1.165) is 48.6 Å². The number of hydrogen-bond donors (Lipinski definition) is 2. The van der Waals surface area contributed by atoms with Crippen LogP contribution < -0.4 is 10.6 Å². The molecule has 7 aromatic rings. The summed E-state index contributed by atoms with van der Waals surface area (Å²) in [5.74, 6) is 1.83. The third kappa shape index (κ3) is 7.58. The van der Waals surface area contributed by atoms with Gasteiger partial charge in [-0.15, -0.1) is 43.1 Å². The summed E-state index contributed by atoms with van der Waals surface area (Å²) in [6, 6.07) is 12.0. The third-order valence-corrected chi connectivity index (χ3v) is 11.4. The van der Waals surface area contributed by atoms with Crippen molar-refractivity contribution in [2.45, 2.75) is 56.5 Å². The zero-order valence-electron chi connectivity index (χ0n) is 28.0. The minimum Gasteiger partial charge on any atom is -0.320 e. The summed E-state index contributed by atoms with van der Waals surface area (Å²) in [6.07, 6.45) is 17.7. The van der Waals surface area contributed by atoms with E-state index in [1.54, 1.807) is 60.9 Å². The zero-order valence-corrected chi connectivity index (χ0v) is 31.3. The molecule has 7 heterocycles. The molecule has 3 aliphatic carbocycles. The summed E-state index contributed by atoms with van der Waals surface area (Å²) in [5.41, 5.74) is 4.19. The van der Waals surface area contributed by atoms with E-state index in [9.17, 15) is 9.59 Å². The molecule has 3 fully saturated rings. The van der Waals surface area contributed by atoms with Gasteiger partial charge in [0.15, 0.2) is 11.6 Å². The van der Waals surface area contributed by atoms with Crippen LogP contribution in [-0.4, -0.2) is 60.9 Å². The molecule has 0 atom stereocenters. The lowest BCUT2D eigenvalue weighted by molar-refractivity contribution is 0.101. The van der Waals surface area contributed by atoms with Crippen LogP contribution in [-0.2, 0) is 0 Å². The van der Waals surface area contributed by atoms with E-state index in [-0.39, 0.29) is 11.8 Å². The first-order chi connectivity index (χ1) is 25.9. The predicted molar refractivity (Wildman–Crippen MR) is 204 cm³/mol. The second kappa shape index (κ2) is 14.2. The standard InChI is InChI=1S/C21H19N7OS.C15H12BrN5OS/c29-21(17-8-16(5-6-22-17)27-9-18(23-11-27)13-1-2-13)25-14-7-19(30-10-14)20-26-24-12-28(20)15-3-4-15;16-9-3-4-17-12(5-9)15(22)19-10-6-13(23-7-10)14-20-18-8-21(14)11-1-2-11/h5-13,15H,1-4H2,(H,25,29);3-8,11H,1-2H2,(H,19,22). The van der Waals surface area contributed by atoms with Gasteiger partial charge < -0.3 is 24.3 Å². The van der Waals surface area contributed by atoms with E-state index in [4.69, 9.17) is 0 Å². The number of nitrogens with one attached hydrogen (secondary N) is 2. The summed E-state index contributed by atoms with van der Waals surface area (Å²) in [7, 11) is 0. The molecule has 266 valence electrons. The lowest BCUT2D eigenvalue weighted by atomic mass is 10.3. The zero-order chi connectivity index (χ0) is 35.9. The van der Waals surface area contributed by atoms with Gasteiger partial charge >= 0.3 is 0 Å². The normalized spacial score (nSPS) is 15.1. The van der Waals surface area contributed by atoms with E-state index in [1.807, 2.05) is 39.7 Å². The first kappa shape index (κ1) is 33.4. The van der Waals surface area contributed by atoms with Crippen LogP contribution in [0.1, 0.15) is 83.2 Å². The van der Waals surface area contributed by atoms with Crippen LogP contribution in [0.25, 0.3) is 27.1 Å². The average Bonchev–Trinajstić information content (AvgIpc) is 4.13. The quantitative estimate of drug-likeness (QED) is 0.140. The maximum absolute atomic E-state index is 12.8. The molecule has 3 aliphatic rings. The highest BCUT2D eigenvalue weighted by atomic mass is 79.9. The molecule has 3 saturated carbocycles. The fourth-order valence-electron chi connectivity index (χ4n) is 5.81. The molecule has 0 aliphatic heterocycles. The van der Waals surface area contributed by atoms with Crippen molar-refractivity contribution < 1.29 is 9.59 Å². The first-order valence-corrected chi connectivity index (χ1v) is 19.7. The number of hydrogen-bond acceptors (Lipinski definition) is 11. The van der Waals surface area contributed by atoms with Crippen LogP contribution in [0.15, 0.2) is 89.2 Å². The number of aromatic nitrogens is 10. The van der Waals surface area contributed by atoms with Gasteiger partial charge in [0.05, 0.1) is 38.8 Å². The number of carbonyl (C=O) groups is 2. The topological polar surface area (TPSA) is 163 Å². The van der Waals surface area contributed by atoms with Crippen LogP contribution in [0, 0.1) is 0 Å². The predicted octanol–water partition coefficient (Wildman–Crippen LogP) is 7.80. The van der Waals surface area contributed by atoms with Crippen LogP contribution in [0.3, 0.4) is 0 Å². The molecule has 2 N–H and O–H groups in total. The van der Waals surface area contributed by atoms with Crippen molar-refractivity contribution in [3.8, 4) is 27.1 Å². The van der Waals surface area contributed by atoms with E-state index in [2.05, 4.69) is 71.0 Å². The Morgan fingerprint density at radius 1 is 0.698 bits per heavy atom. The number of amides is 2. The Morgan fingerprint density at radius 2 is 1.26 bits per heavy atom. The van der Waals surface area contributed by atoms with Gasteiger partial charge in [-0.2, -0.15) is 0 Å². The summed E-state index contributed by atoms with van der Waals surface area (Å²) in [4.78, 5) is 39.8. The molecule has 17 heteroatoms. The molecule has 10 rings (SSSR count). The number of nitrogens with zero attached hydrogens (tertiary/aromatic N) is 10. The lowest BCUT2D eigenvalue weighted by Gasteiger charge is -2.06. The number of thiophene rings is 2. The molecule has 14 nitrogen and oxygen atoms in total. The van der Waals surface area contributed by atoms with Crippen molar-refractivity contribution in [3.63, 3.8) is 0 Å². The van der Waals surface area contributed by atoms with Gasteiger partial charge in [-0.05, 0) is 74.9 Å². The van der Waals surface area contributed by atoms with E-state index < -0.39 is 0 Å². The van der Waals surface area contributed by atoms with Gasteiger partial charge in [-0.3, -0.25) is 19.6 Å². The van der Waals surface area contributed by atoms with E-state index in [0.29, 0.717) is 29.4 Å². The smallest absolute Gasteiger partial charge is 0.274 e. The molecule has 0 unspecified atom stereocenters. The Labute approximate surface area is 319 Å². The second-order valence-corrected chi connectivity index (χ2v) is 15.9. The largest absolute Gasteiger partial charge is 0.320 e. The lowest BCUT2D eigenvalue weighted by Crippen LogP contribution is -2.13. The number of halogens is 1. The summed E-state index contributed by atoms with van der Waals surface area (Å²) < 4.78 is 6.98. The van der Waals surface area contributed by atoms with Crippen molar-refractivity contribution in [1.82, 2.24) is 49.0 Å². The minimum atomic E-state index is -0.243. The number of rotatable bonds is 10. The summed E-state index contributed by atoms with van der Waals surface area (Å²) in [6.45, 7) is 0. The molecule has 7 aromatic heterocycles. The summed E-state index contributed by atoms with van der Waals surface area (Å²) in [5, 5.41) is 26.1. The van der Waals surface area contributed by atoms with Gasteiger partial charge in [0.1, 0.15) is 24.0 Å². The van der Waals surface area contributed by atoms with Crippen LogP contribution in [0.4, 0.5) is 11.4 Å². The molecular formula is C36H31BrN12O2S2.